The second-order valence-electron chi connectivity index (χ2n) is 6.60. The lowest BCUT2D eigenvalue weighted by molar-refractivity contribution is 0.0966. The average Bonchev–Trinajstić information content (AvgIpc) is 3.12. The zero-order chi connectivity index (χ0) is 14.6. The summed E-state index contributed by atoms with van der Waals surface area (Å²) in [6.45, 7) is 5.23. The van der Waals surface area contributed by atoms with Crippen molar-refractivity contribution in [3.8, 4) is 11.3 Å². The SMILES string of the molecule is CCC1(C)Cc2[nH]nc(-c3ccc4c(c3)CNC4=O)c2C1. The molecule has 21 heavy (non-hydrogen) atoms. The summed E-state index contributed by atoms with van der Waals surface area (Å²) >= 11 is 0. The van der Waals surface area contributed by atoms with Crippen molar-refractivity contribution >= 4 is 5.91 Å². The topological polar surface area (TPSA) is 57.8 Å². The van der Waals surface area contributed by atoms with Crippen molar-refractivity contribution in [1.29, 1.82) is 0 Å². The molecule has 1 aliphatic heterocycles. The summed E-state index contributed by atoms with van der Waals surface area (Å²) in [5, 5.41) is 10.6. The van der Waals surface area contributed by atoms with Gasteiger partial charge in [-0.1, -0.05) is 26.3 Å². The maximum Gasteiger partial charge on any atom is 0.251 e. The number of benzene rings is 1. The van der Waals surface area contributed by atoms with Crippen LogP contribution in [-0.4, -0.2) is 16.1 Å². The molecule has 0 bridgehead atoms. The fraction of sp³-hybridized carbons (Fsp3) is 0.412. The third kappa shape index (κ3) is 1.82. The zero-order valence-corrected chi connectivity index (χ0v) is 12.4. The molecule has 2 N–H and O–H groups in total. The van der Waals surface area contributed by atoms with Crippen LogP contribution < -0.4 is 5.32 Å². The van der Waals surface area contributed by atoms with E-state index in [2.05, 4.69) is 35.4 Å². The highest BCUT2D eigenvalue weighted by atomic mass is 16.1. The molecule has 1 unspecified atom stereocenters. The molecule has 0 saturated heterocycles. The molecule has 1 aliphatic carbocycles. The molecule has 0 radical (unpaired) electrons. The quantitative estimate of drug-likeness (QED) is 0.889. The first kappa shape index (κ1) is 12.6. The van der Waals surface area contributed by atoms with E-state index in [1.165, 1.54) is 17.7 Å². The molecule has 1 aromatic heterocycles. The van der Waals surface area contributed by atoms with Gasteiger partial charge in [0, 0.05) is 28.9 Å². The Balaban J connectivity index is 1.76. The zero-order valence-electron chi connectivity index (χ0n) is 12.4. The second-order valence-corrected chi connectivity index (χ2v) is 6.60. The molecule has 0 spiro atoms. The number of nitrogens with zero attached hydrogens (tertiary/aromatic N) is 1. The molecule has 4 rings (SSSR count). The van der Waals surface area contributed by atoms with Crippen LogP contribution in [0.15, 0.2) is 18.2 Å². The minimum atomic E-state index is 0.0300. The molecule has 108 valence electrons. The van der Waals surface area contributed by atoms with Crippen molar-refractivity contribution in [2.45, 2.75) is 39.7 Å². The van der Waals surface area contributed by atoms with Gasteiger partial charge in [-0.05, 0) is 36.0 Å². The van der Waals surface area contributed by atoms with Gasteiger partial charge in [0.15, 0.2) is 0 Å². The predicted molar refractivity (Wildman–Crippen MR) is 81.0 cm³/mol. The number of hydrogen-bond donors (Lipinski definition) is 2. The Labute approximate surface area is 124 Å². The minimum Gasteiger partial charge on any atom is -0.348 e. The molecular weight excluding hydrogens is 262 g/mol. The highest BCUT2D eigenvalue weighted by Gasteiger charge is 2.35. The number of fused-ring (bicyclic) bond motifs is 2. The molecule has 4 nitrogen and oxygen atoms in total. The third-order valence-corrected chi connectivity index (χ3v) is 5.08. The van der Waals surface area contributed by atoms with E-state index in [1.54, 1.807) is 0 Å². The first-order chi connectivity index (χ1) is 10.1. The summed E-state index contributed by atoms with van der Waals surface area (Å²) in [6.07, 6.45) is 3.34. The van der Waals surface area contributed by atoms with Gasteiger partial charge in [0.25, 0.3) is 5.91 Å². The normalized spacial score (nSPS) is 23.0. The molecule has 1 aromatic carbocycles. The van der Waals surface area contributed by atoms with E-state index in [4.69, 9.17) is 0 Å². The Morgan fingerprint density at radius 2 is 2.19 bits per heavy atom. The van der Waals surface area contributed by atoms with Crippen LogP contribution in [0.5, 0.6) is 0 Å². The first-order valence-corrected chi connectivity index (χ1v) is 7.57. The number of carbonyl (C=O) groups excluding carboxylic acids is 1. The molecule has 2 heterocycles. The van der Waals surface area contributed by atoms with Crippen molar-refractivity contribution in [2.75, 3.05) is 0 Å². The third-order valence-electron chi connectivity index (χ3n) is 5.08. The number of nitrogens with one attached hydrogen (secondary N) is 2. The van der Waals surface area contributed by atoms with Gasteiger partial charge in [0.2, 0.25) is 0 Å². The highest BCUT2D eigenvalue weighted by Crippen LogP contribution is 2.42. The number of H-pyrrole nitrogens is 1. The van der Waals surface area contributed by atoms with Gasteiger partial charge in [-0.2, -0.15) is 5.10 Å². The van der Waals surface area contributed by atoms with Gasteiger partial charge in [-0.3, -0.25) is 9.89 Å². The van der Waals surface area contributed by atoms with Crippen LogP contribution in [0.1, 0.15) is 47.4 Å². The Morgan fingerprint density at radius 3 is 3.00 bits per heavy atom. The smallest absolute Gasteiger partial charge is 0.251 e. The highest BCUT2D eigenvalue weighted by molar-refractivity contribution is 5.98. The van der Waals surface area contributed by atoms with Gasteiger partial charge in [0.05, 0.1) is 5.69 Å². The largest absolute Gasteiger partial charge is 0.348 e. The van der Waals surface area contributed by atoms with Crippen molar-refractivity contribution in [3.05, 3.63) is 40.6 Å². The number of hydrogen-bond acceptors (Lipinski definition) is 2. The molecule has 4 heteroatoms. The summed E-state index contributed by atoms with van der Waals surface area (Å²) in [5.74, 6) is 0.0300. The predicted octanol–water partition coefficient (Wildman–Crippen LogP) is 2.84. The van der Waals surface area contributed by atoms with Gasteiger partial charge >= 0.3 is 0 Å². The van der Waals surface area contributed by atoms with Crippen molar-refractivity contribution < 1.29 is 4.79 Å². The van der Waals surface area contributed by atoms with E-state index in [1.807, 2.05) is 12.1 Å². The Hall–Kier alpha value is -2.10. The van der Waals surface area contributed by atoms with Gasteiger partial charge in [0.1, 0.15) is 0 Å². The van der Waals surface area contributed by atoms with E-state index in [0.717, 1.165) is 35.2 Å². The van der Waals surface area contributed by atoms with Gasteiger partial charge in [-0.25, -0.2) is 0 Å². The van der Waals surface area contributed by atoms with E-state index in [9.17, 15) is 4.79 Å². The summed E-state index contributed by atoms with van der Waals surface area (Å²) in [4.78, 5) is 11.6. The lowest BCUT2D eigenvalue weighted by atomic mass is 9.84. The average molecular weight is 281 g/mol. The Morgan fingerprint density at radius 1 is 1.33 bits per heavy atom. The first-order valence-electron chi connectivity index (χ1n) is 7.57. The van der Waals surface area contributed by atoms with Crippen molar-refractivity contribution in [1.82, 2.24) is 15.5 Å². The Kier molecular flexibility index (Phi) is 2.52. The molecule has 2 aliphatic rings. The molecule has 0 fully saturated rings. The molecule has 2 aromatic rings. The molecule has 1 atom stereocenters. The fourth-order valence-corrected chi connectivity index (χ4v) is 3.52. The van der Waals surface area contributed by atoms with E-state index in [-0.39, 0.29) is 5.91 Å². The standard InChI is InChI=1S/C17H19N3O/c1-3-17(2)7-13-14(8-17)19-20-15(13)10-4-5-12-11(6-10)9-18-16(12)21/h4-6H,3,7-9H2,1-2H3,(H,18,21)(H,19,20). The number of amides is 1. The summed E-state index contributed by atoms with van der Waals surface area (Å²) in [5.41, 5.74) is 7.04. The van der Waals surface area contributed by atoms with Crippen molar-refractivity contribution in [2.24, 2.45) is 5.41 Å². The Bertz CT molecular complexity index is 746. The molecule has 1 amide bonds. The van der Waals surface area contributed by atoms with Crippen LogP contribution in [0, 0.1) is 5.41 Å². The van der Waals surface area contributed by atoms with Gasteiger partial charge in [-0.15, -0.1) is 0 Å². The molecular formula is C17H19N3O. The maximum absolute atomic E-state index is 11.6. The van der Waals surface area contributed by atoms with E-state index in [0.29, 0.717) is 12.0 Å². The number of rotatable bonds is 2. The fourth-order valence-electron chi connectivity index (χ4n) is 3.52. The van der Waals surface area contributed by atoms with E-state index >= 15 is 0 Å². The summed E-state index contributed by atoms with van der Waals surface area (Å²) in [7, 11) is 0. The lowest BCUT2D eigenvalue weighted by Gasteiger charge is -2.20. The monoisotopic (exact) mass is 281 g/mol. The summed E-state index contributed by atoms with van der Waals surface area (Å²) < 4.78 is 0. The summed E-state index contributed by atoms with van der Waals surface area (Å²) in [6, 6.07) is 6.04. The maximum atomic E-state index is 11.6. The number of aromatic amines is 1. The van der Waals surface area contributed by atoms with Crippen molar-refractivity contribution in [3.63, 3.8) is 0 Å². The van der Waals surface area contributed by atoms with E-state index < -0.39 is 0 Å². The number of aromatic nitrogens is 2. The second kappa shape index (κ2) is 4.20. The van der Waals surface area contributed by atoms with Gasteiger partial charge < -0.3 is 5.32 Å². The van der Waals surface area contributed by atoms with Crippen LogP contribution in [0.25, 0.3) is 11.3 Å². The minimum absolute atomic E-state index is 0.0300. The van der Waals surface area contributed by atoms with Crippen LogP contribution in [0.3, 0.4) is 0 Å². The molecule has 0 saturated carbocycles. The van der Waals surface area contributed by atoms with Crippen LogP contribution in [0.2, 0.25) is 0 Å². The van der Waals surface area contributed by atoms with Crippen LogP contribution >= 0.6 is 0 Å². The number of carbonyl (C=O) groups is 1. The van der Waals surface area contributed by atoms with Crippen LogP contribution in [0.4, 0.5) is 0 Å². The van der Waals surface area contributed by atoms with Crippen LogP contribution in [-0.2, 0) is 19.4 Å². The lowest BCUT2D eigenvalue weighted by Crippen LogP contribution is -2.15.